The van der Waals surface area contributed by atoms with Gasteiger partial charge in [-0.15, -0.1) is 0 Å². The van der Waals surface area contributed by atoms with Crippen molar-refractivity contribution in [2.24, 2.45) is 0 Å². The van der Waals surface area contributed by atoms with Crippen LogP contribution < -0.4 is 10.5 Å². The summed E-state index contributed by atoms with van der Waals surface area (Å²) in [5, 5.41) is 7.37. The lowest BCUT2D eigenvalue weighted by atomic mass is 10.2. The van der Waals surface area contributed by atoms with Gasteiger partial charge in [0.25, 0.3) is 0 Å². The molecule has 1 aromatic heterocycles. The quantitative estimate of drug-likeness (QED) is 0.761. The van der Waals surface area contributed by atoms with E-state index in [1.807, 2.05) is 30.3 Å². The second kappa shape index (κ2) is 5.68. The molecule has 19 heavy (non-hydrogen) atoms. The molecule has 2 rings (SSSR count). The van der Waals surface area contributed by atoms with E-state index in [-0.39, 0.29) is 6.54 Å². The Morgan fingerprint density at radius 2 is 2.05 bits per heavy atom. The van der Waals surface area contributed by atoms with Crippen molar-refractivity contribution in [2.45, 2.75) is 6.54 Å². The Bertz CT molecular complexity index is 662. The molecule has 0 bridgehead atoms. The molecule has 0 aliphatic heterocycles. The van der Waals surface area contributed by atoms with E-state index in [4.69, 9.17) is 5.73 Å². The summed E-state index contributed by atoms with van der Waals surface area (Å²) in [5.41, 5.74) is 6.99. The predicted molar refractivity (Wildman–Crippen MR) is 74.2 cm³/mol. The van der Waals surface area contributed by atoms with Crippen LogP contribution in [0.4, 0.5) is 5.82 Å². The van der Waals surface area contributed by atoms with Crippen molar-refractivity contribution < 1.29 is 8.42 Å². The van der Waals surface area contributed by atoms with Crippen molar-refractivity contribution in [3.05, 3.63) is 53.1 Å². The highest BCUT2D eigenvalue weighted by Crippen LogP contribution is 2.07. The zero-order valence-corrected chi connectivity index (χ0v) is 10.9. The minimum Gasteiger partial charge on any atom is -0.384 e. The Labute approximate surface area is 111 Å². The van der Waals surface area contributed by atoms with Crippen molar-refractivity contribution >= 4 is 21.9 Å². The summed E-state index contributed by atoms with van der Waals surface area (Å²) in [7, 11) is -3.50. The molecule has 0 saturated carbocycles. The van der Waals surface area contributed by atoms with Gasteiger partial charge in [-0.05, 0) is 11.6 Å². The third-order valence-electron chi connectivity index (χ3n) is 2.45. The second-order valence-corrected chi connectivity index (χ2v) is 5.54. The maximum Gasteiger partial charge on any atom is 0.234 e. The minimum atomic E-state index is -3.50. The van der Waals surface area contributed by atoms with Crippen LogP contribution in [0.2, 0.25) is 0 Å². The van der Waals surface area contributed by atoms with Crippen LogP contribution >= 0.6 is 0 Å². The highest BCUT2D eigenvalue weighted by atomic mass is 32.2. The van der Waals surface area contributed by atoms with Crippen LogP contribution in [0.15, 0.2) is 41.9 Å². The van der Waals surface area contributed by atoms with E-state index in [0.717, 1.165) is 11.0 Å². The first-order valence-corrected chi connectivity index (χ1v) is 7.12. The normalized spacial score (nSPS) is 12.0. The summed E-state index contributed by atoms with van der Waals surface area (Å²) in [4.78, 5) is 0. The fourth-order valence-electron chi connectivity index (χ4n) is 1.42. The largest absolute Gasteiger partial charge is 0.384 e. The lowest BCUT2D eigenvalue weighted by molar-refractivity contribution is 0.591. The summed E-state index contributed by atoms with van der Waals surface area (Å²) in [6.07, 6.45) is 3.01. The molecule has 0 aliphatic carbocycles. The zero-order valence-electron chi connectivity index (χ0n) is 10.1. The molecule has 1 aromatic carbocycles. The number of nitrogens with zero attached hydrogens (tertiary/aromatic N) is 1. The fourth-order valence-corrected chi connectivity index (χ4v) is 2.21. The smallest absolute Gasteiger partial charge is 0.234 e. The van der Waals surface area contributed by atoms with Crippen LogP contribution in [0.1, 0.15) is 11.1 Å². The first-order chi connectivity index (χ1) is 9.07. The highest BCUT2D eigenvalue weighted by molar-refractivity contribution is 7.92. The van der Waals surface area contributed by atoms with Gasteiger partial charge in [0, 0.05) is 17.5 Å². The van der Waals surface area contributed by atoms with Crippen LogP contribution in [0, 0.1) is 0 Å². The molecule has 4 N–H and O–H groups in total. The Balaban J connectivity index is 2.00. The third-order valence-corrected chi connectivity index (χ3v) is 3.50. The molecule has 2 aromatic rings. The molecule has 7 heteroatoms. The molecule has 1 heterocycles. The zero-order chi connectivity index (χ0) is 13.7. The van der Waals surface area contributed by atoms with Gasteiger partial charge in [0.15, 0.2) is 0 Å². The van der Waals surface area contributed by atoms with Crippen molar-refractivity contribution in [3.8, 4) is 0 Å². The van der Waals surface area contributed by atoms with Crippen molar-refractivity contribution in [1.82, 2.24) is 14.9 Å². The van der Waals surface area contributed by atoms with Crippen LogP contribution in [0.5, 0.6) is 0 Å². The average Bonchev–Trinajstić information content (AvgIpc) is 2.81. The number of nitrogens with two attached hydrogens (primary N) is 1. The SMILES string of the molecule is Nc1[nH]ncc1CNS(=O)(=O)C=Cc1ccccc1. The third kappa shape index (κ3) is 3.94. The van der Waals surface area contributed by atoms with Gasteiger partial charge in [-0.3, -0.25) is 5.10 Å². The van der Waals surface area contributed by atoms with Gasteiger partial charge >= 0.3 is 0 Å². The van der Waals surface area contributed by atoms with Gasteiger partial charge in [-0.25, -0.2) is 13.1 Å². The summed E-state index contributed by atoms with van der Waals surface area (Å²) in [6.45, 7) is 0.101. The molecule has 100 valence electrons. The number of hydrogen-bond donors (Lipinski definition) is 3. The summed E-state index contributed by atoms with van der Waals surface area (Å²) in [5.74, 6) is 0.356. The van der Waals surface area contributed by atoms with Crippen molar-refractivity contribution in [3.63, 3.8) is 0 Å². The molecular weight excluding hydrogens is 264 g/mol. The number of aromatic nitrogens is 2. The molecular formula is C12H14N4O2S. The van der Waals surface area contributed by atoms with Crippen LogP contribution in [-0.2, 0) is 16.6 Å². The average molecular weight is 278 g/mol. The van der Waals surface area contributed by atoms with E-state index in [2.05, 4.69) is 14.9 Å². The van der Waals surface area contributed by atoms with Gasteiger partial charge in [-0.2, -0.15) is 5.10 Å². The molecule has 0 radical (unpaired) electrons. The number of nitrogens with one attached hydrogen (secondary N) is 2. The van der Waals surface area contributed by atoms with Crippen LogP contribution in [-0.4, -0.2) is 18.6 Å². The molecule has 0 amide bonds. The first kappa shape index (κ1) is 13.3. The van der Waals surface area contributed by atoms with E-state index in [9.17, 15) is 8.42 Å². The number of nitrogen functional groups attached to an aromatic ring is 1. The number of hydrogen-bond acceptors (Lipinski definition) is 4. The molecule has 0 unspecified atom stereocenters. The second-order valence-electron chi connectivity index (χ2n) is 3.89. The number of anilines is 1. The van der Waals surface area contributed by atoms with E-state index >= 15 is 0 Å². The van der Waals surface area contributed by atoms with Crippen LogP contribution in [0.3, 0.4) is 0 Å². The molecule has 0 aliphatic rings. The van der Waals surface area contributed by atoms with E-state index in [1.165, 1.54) is 12.3 Å². The number of rotatable bonds is 5. The van der Waals surface area contributed by atoms with Gasteiger partial charge in [0.05, 0.1) is 6.20 Å². The van der Waals surface area contributed by atoms with E-state index in [0.29, 0.717) is 11.4 Å². The lowest BCUT2D eigenvalue weighted by Gasteiger charge is -2.01. The first-order valence-electron chi connectivity index (χ1n) is 5.57. The number of H-pyrrole nitrogens is 1. The van der Waals surface area contributed by atoms with Gasteiger partial charge < -0.3 is 5.73 Å². The van der Waals surface area contributed by atoms with Gasteiger partial charge in [-0.1, -0.05) is 30.3 Å². The van der Waals surface area contributed by atoms with Crippen molar-refractivity contribution in [2.75, 3.05) is 5.73 Å². The molecule has 6 nitrogen and oxygen atoms in total. The Kier molecular flexibility index (Phi) is 3.98. The topological polar surface area (TPSA) is 101 Å². The highest BCUT2D eigenvalue weighted by Gasteiger charge is 2.07. The van der Waals surface area contributed by atoms with E-state index in [1.54, 1.807) is 0 Å². The maximum absolute atomic E-state index is 11.7. The fraction of sp³-hybridized carbons (Fsp3) is 0.0833. The molecule has 0 atom stereocenters. The minimum absolute atomic E-state index is 0.101. The number of benzene rings is 1. The Hall–Kier alpha value is -2.12. The Morgan fingerprint density at radius 3 is 2.68 bits per heavy atom. The summed E-state index contributed by atoms with van der Waals surface area (Å²) < 4.78 is 25.9. The number of aromatic amines is 1. The Morgan fingerprint density at radius 1 is 1.32 bits per heavy atom. The maximum atomic E-state index is 11.7. The number of sulfonamides is 1. The standard InChI is InChI=1S/C12H14N4O2S/c13-12-11(8-14-16-12)9-15-19(17,18)7-6-10-4-2-1-3-5-10/h1-8,15H,9H2,(H3,13,14,16). The molecule has 0 spiro atoms. The monoisotopic (exact) mass is 278 g/mol. The molecule has 0 saturated heterocycles. The van der Waals surface area contributed by atoms with E-state index < -0.39 is 10.0 Å². The van der Waals surface area contributed by atoms with Gasteiger partial charge in [0.1, 0.15) is 5.82 Å². The van der Waals surface area contributed by atoms with Gasteiger partial charge in [0.2, 0.25) is 10.0 Å². The lowest BCUT2D eigenvalue weighted by Crippen LogP contribution is -2.20. The summed E-state index contributed by atoms with van der Waals surface area (Å²) in [6, 6.07) is 9.18. The predicted octanol–water partition coefficient (Wildman–Crippen LogP) is 1.08. The summed E-state index contributed by atoms with van der Waals surface area (Å²) >= 11 is 0. The molecule has 0 fully saturated rings. The van der Waals surface area contributed by atoms with Crippen LogP contribution in [0.25, 0.3) is 6.08 Å². The van der Waals surface area contributed by atoms with Crippen molar-refractivity contribution in [1.29, 1.82) is 0 Å².